The number of para-hydroxylation sites is 1. The van der Waals surface area contributed by atoms with Crippen molar-refractivity contribution in [3.05, 3.63) is 72.3 Å². The number of benzene rings is 2. The van der Waals surface area contributed by atoms with Crippen LogP contribution in [0.5, 0.6) is 0 Å². The number of Topliss-reactive ketones (excluding diaryl/α,β-unsaturated/α-hetero) is 1. The number of allylic oxidation sites excluding steroid dienone is 2. The Labute approximate surface area is 112 Å². The Morgan fingerprint density at radius 3 is 2.16 bits per heavy atom. The summed E-state index contributed by atoms with van der Waals surface area (Å²) in [5, 5.41) is 0. The van der Waals surface area contributed by atoms with Gasteiger partial charge in [-0.05, 0) is 29.3 Å². The first-order valence-electron chi connectivity index (χ1n) is 6.26. The van der Waals surface area contributed by atoms with E-state index < -0.39 is 0 Å². The molecule has 0 bridgehead atoms. The molecule has 0 fully saturated rings. The molecule has 0 spiro atoms. The number of rotatable bonds is 2. The fourth-order valence-electron chi connectivity index (χ4n) is 2.13. The summed E-state index contributed by atoms with van der Waals surface area (Å²) in [5.41, 5.74) is 3.50. The predicted octanol–water partition coefficient (Wildman–Crippen LogP) is 3.82. The minimum Gasteiger partial charge on any atom is -0.292 e. The van der Waals surface area contributed by atoms with Gasteiger partial charge in [0.1, 0.15) is 5.71 Å². The second-order valence-corrected chi connectivity index (χ2v) is 4.47. The predicted molar refractivity (Wildman–Crippen MR) is 77.6 cm³/mol. The van der Waals surface area contributed by atoms with Crippen LogP contribution in [0.1, 0.15) is 12.0 Å². The van der Waals surface area contributed by atoms with E-state index in [0.29, 0.717) is 12.1 Å². The molecule has 2 aromatic carbocycles. The molecule has 2 heteroatoms. The van der Waals surface area contributed by atoms with E-state index in [0.717, 1.165) is 16.8 Å². The van der Waals surface area contributed by atoms with Gasteiger partial charge >= 0.3 is 0 Å². The van der Waals surface area contributed by atoms with E-state index in [9.17, 15) is 4.79 Å². The van der Waals surface area contributed by atoms with E-state index in [2.05, 4.69) is 4.99 Å². The lowest BCUT2D eigenvalue weighted by molar-refractivity contribution is -0.111. The van der Waals surface area contributed by atoms with E-state index in [-0.39, 0.29) is 5.78 Å². The molecular weight excluding hydrogens is 234 g/mol. The molecule has 19 heavy (non-hydrogen) atoms. The zero-order valence-corrected chi connectivity index (χ0v) is 10.4. The van der Waals surface area contributed by atoms with Crippen molar-refractivity contribution in [2.24, 2.45) is 4.99 Å². The summed E-state index contributed by atoms with van der Waals surface area (Å²) in [6.07, 6.45) is 2.33. The van der Waals surface area contributed by atoms with Crippen LogP contribution in [-0.2, 0) is 4.79 Å². The van der Waals surface area contributed by atoms with Crippen molar-refractivity contribution in [1.82, 2.24) is 0 Å². The average Bonchev–Trinajstić information content (AvgIpc) is 2.82. The zero-order valence-electron chi connectivity index (χ0n) is 10.4. The van der Waals surface area contributed by atoms with E-state index in [4.69, 9.17) is 0 Å². The molecule has 0 unspecified atom stereocenters. The lowest BCUT2D eigenvalue weighted by atomic mass is 10.1. The van der Waals surface area contributed by atoms with Gasteiger partial charge in [0.05, 0.1) is 5.69 Å². The molecule has 92 valence electrons. The Hall–Kier alpha value is -2.48. The summed E-state index contributed by atoms with van der Waals surface area (Å²) in [6, 6.07) is 19.5. The number of hydrogen-bond donors (Lipinski definition) is 0. The Morgan fingerprint density at radius 1 is 0.842 bits per heavy atom. The Balaban J connectivity index is 1.94. The maximum Gasteiger partial charge on any atom is 0.185 e. The van der Waals surface area contributed by atoms with Gasteiger partial charge in [-0.25, -0.2) is 4.99 Å². The van der Waals surface area contributed by atoms with Gasteiger partial charge in [0.15, 0.2) is 5.78 Å². The number of nitrogens with zero attached hydrogens (tertiary/aromatic N) is 1. The fourth-order valence-corrected chi connectivity index (χ4v) is 2.13. The van der Waals surface area contributed by atoms with Crippen LogP contribution in [0.15, 0.2) is 71.7 Å². The Kier molecular flexibility index (Phi) is 3.07. The van der Waals surface area contributed by atoms with Crippen molar-refractivity contribution in [3.63, 3.8) is 0 Å². The second-order valence-electron chi connectivity index (χ2n) is 4.47. The van der Waals surface area contributed by atoms with Gasteiger partial charge < -0.3 is 0 Å². The average molecular weight is 247 g/mol. The van der Waals surface area contributed by atoms with E-state index in [1.807, 2.05) is 66.7 Å². The van der Waals surface area contributed by atoms with Crippen molar-refractivity contribution in [3.8, 4) is 0 Å². The van der Waals surface area contributed by atoms with Gasteiger partial charge in [0.25, 0.3) is 0 Å². The van der Waals surface area contributed by atoms with Crippen LogP contribution in [-0.4, -0.2) is 11.5 Å². The number of carbonyl (C=O) groups is 1. The highest BCUT2D eigenvalue weighted by Gasteiger charge is 2.21. The molecule has 0 aromatic heterocycles. The minimum atomic E-state index is 0.0858. The molecule has 2 aromatic rings. The third-order valence-electron chi connectivity index (χ3n) is 3.10. The summed E-state index contributed by atoms with van der Waals surface area (Å²) in [5.74, 6) is 0.0858. The van der Waals surface area contributed by atoms with Crippen molar-refractivity contribution in [2.45, 2.75) is 6.42 Å². The normalized spacial score (nSPS) is 16.7. The minimum absolute atomic E-state index is 0.0858. The third-order valence-corrected chi connectivity index (χ3v) is 3.10. The molecule has 1 aliphatic rings. The maximum absolute atomic E-state index is 12.0. The van der Waals surface area contributed by atoms with Crippen LogP contribution >= 0.6 is 0 Å². The van der Waals surface area contributed by atoms with Crippen LogP contribution in [0.2, 0.25) is 0 Å². The first kappa shape index (κ1) is 11.6. The monoisotopic (exact) mass is 247 g/mol. The van der Waals surface area contributed by atoms with Gasteiger partial charge in [-0.1, -0.05) is 48.5 Å². The molecule has 0 heterocycles. The van der Waals surface area contributed by atoms with Crippen LogP contribution in [0.4, 0.5) is 5.69 Å². The summed E-state index contributed by atoms with van der Waals surface area (Å²) >= 11 is 0. The third kappa shape index (κ3) is 2.52. The zero-order chi connectivity index (χ0) is 13.1. The van der Waals surface area contributed by atoms with E-state index in [1.165, 1.54) is 0 Å². The maximum atomic E-state index is 12.0. The number of hydrogen-bond acceptors (Lipinski definition) is 2. The SMILES string of the molecule is O=C1CC(c2ccccc2)=CC1=Nc1ccccc1. The summed E-state index contributed by atoms with van der Waals surface area (Å²) < 4.78 is 0. The summed E-state index contributed by atoms with van der Waals surface area (Å²) in [7, 11) is 0. The number of ketones is 1. The topological polar surface area (TPSA) is 29.4 Å². The smallest absolute Gasteiger partial charge is 0.185 e. The molecule has 0 N–H and O–H groups in total. The summed E-state index contributed by atoms with van der Waals surface area (Å²) in [4.78, 5) is 16.4. The van der Waals surface area contributed by atoms with Crippen molar-refractivity contribution in [1.29, 1.82) is 0 Å². The van der Waals surface area contributed by atoms with Crippen LogP contribution in [0, 0.1) is 0 Å². The highest BCUT2D eigenvalue weighted by Crippen LogP contribution is 2.25. The standard InChI is InChI=1S/C17H13NO/c19-17-12-14(13-7-3-1-4-8-13)11-16(17)18-15-9-5-2-6-10-15/h1-11H,12H2. The Morgan fingerprint density at radius 2 is 1.47 bits per heavy atom. The van der Waals surface area contributed by atoms with Crippen LogP contribution in [0.3, 0.4) is 0 Å². The first-order chi connectivity index (χ1) is 9.33. The molecule has 0 radical (unpaired) electrons. The van der Waals surface area contributed by atoms with Crippen LogP contribution in [0.25, 0.3) is 5.57 Å². The highest BCUT2D eigenvalue weighted by molar-refractivity contribution is 6.50. The quantitative estimate of drug-likeness (QED) is 0.793. The fraction of sp³-hybridized carbons (Fsp3) is 0.0588. The van der Waals surface area contributed by atoms with E-state index in [1.54, 1.807) is 0 Å². The Bertz CT molecular complexity index is 654. The second kappa shape index (κ2) is 5.02. The van der Waals surface area contributed by atoms with Gasteiger partial charge in [-0.15, -0.1) is 0 Å². The van der Waals surface area contributed by atoms with Gasteiger partial charge in [-0.3, -0.25) is 4.79 Å². The van der Waals surface area contributed by atoms with Crippen molar-refractivity contribution < 1.29 is 4.79 Å². The molecule has 0 saturated carbocycles. The van der Waals surface area contributed by atoms with E-state index >= 15 is 0 Å². The first-order valence-corrected chi connectivity index (χ1v) is 6.26. The molecule has 3 rings (SSSR count). The molecule has 0 atom stereocenters. The van der Waals surface area contributed by atoms with Crippen molar-refractivity contribution >= 4 is 22.8 Å². The molecule has 0 aliphatic heterocycles. The van der Waals surface area contributed by atoms with Crippen LogP contribution < -0.4 is 0 Å². The molecule has 0 amide bonds. The molecule has 2 nitrogen and oxygen atoms in total. The lowest BCUT2D eigenvalue weighted by Crippen LogP contribution is -2.03. The molecular formula is C17H13NO. The van der Waals surface area contributed by atoms with Crippen molar-refractivity contribution in [2.75, 3.05) is 0 Å². The number of aliphatic imine (C=N–C) groups is 1. The van der Waals surface area contributed by atoms with Gasteiger partial charge in [0.2, 0.25) is 0 Å². The van der Waals surface area contributed by atoms with Gasteiger partial charge in [0, 0.05) is 6.42 Å². The largest absolute Gasteiger partial charge is 0.292 e. The molecule has 1 aliphatic carbocycles. The highest BCUT2D eigenvalue weighted by atomic mass is 16.1. The lowest BCUT2D eigenvalue weighted by Gasteiger charge is -1.98. The molecule has 0 saturated heterocycles. The number of carbonyl (C=O) groups excluding carboxylic acids is 1. The summed E-state index contributed by atoms with van der Waals surface area (Å²) in [6.45, 7) is 0. The van der Waals surface area contributed by atoms with Gasteiger partial charge in [-0.2, -0.15) is 0 Å².